The third-order valence-electron chi connectivity index (χ3n) is 3.40. The molecule has 3 aromatic rings. The summed E-state index contributed by atoms with van der Waals surface area (Å²) in [5.74, 6) is 0.578. The predicted octanol–water partition coefficient (Wildman–Crippen LogP) is 3.09. The molecule has 6 nitrogen and oxygen atoms in total. The molecular formula is C17H17N5OS. The van der Waals surface area contributed by atoms with Crippen LogP contribution in [0.2, 0.25) is 0 Å². The second-order valence-corrected chi connectivity index (χ2v) is 6.23. The summed E-state index contributed by atoms with van der Waals surface area (Å²) in [5.41, 5.74) is 2.84. The van der Waals surface area contributed by atoms with E-state index in [-0.39, 0.29) is 5.91 Å². The Morgan fingerprint density at radius 1 is 1.12 bits per heavy atom. The van der Waals surface area contributed by atoms with Crippen LogP contribution in [0.3, 0.4) is 0 Å². The average Bonchev–Trinajstić information content (AvgIpc) is 3.04. The number of hydrogen-bond acceptors (Lipinski definition) is 5. The van der Waals surface area contributed by atoms with Crippen LogP contribution in [-0.2, 0) is 4.79 Å². The number of amides is 1. The number of thioether (sulfide) groups is 1. The van der Waals surface area contributed by atoms with Crippen LogP contribution in [0.1, 0.15) is 12.0 Å². The average molecular weight is 339 g/mol. The van der Waals surface area contributed by atoms with Gasteiger partial charge in [-0.2, -0.15) is 4.68 Å². The van der Waals surface area contributed by atoms with Crippen molar-refractivity contribution in [3.05, 3.63) is 60.2 Å². The Morgan fingerprint density at radius 3 is 2.67 bits per heavy atom. The highest BCUT2D eigenvalue weighted by molar-refractivity contribution is 7.99. The summed E-state index contributed by atoms with van der Waals surface area (Å²) in [6, 6.07) is 17.3. The van der Waals surface area contributed by atoms with E-state index in [0.29, 0.717) is 17.3 Å². The Kier molecular flexibility index (Phi) is 5.22. The zero-order valence-corrected chi connectivity index (χ0v) is 14.0. The number of carbonyl (C=O) groups is 1. The van der Waals surface area contributed by atoms with Crippen LogP contribution >= 0.6 is 11.8 Å². The maximum Gasteiger partial charge on any atom is 0.225 e. The van der Waals surface area contributed by atoms with Crippen molar-refractivity contribution in [3.8, 4) is 5.69 Å². The first-order chi connectivity index (χ1) is 11.7. The molecule has 1 aromatic heterocycles. The highest BCUT2D eigenvalue weighted by atomic mass is 32.2. The smallest absolute Gasteiger partial charge is 0.225 e. The molecule has 1 heterocycles. The second kappa shape index (κ2) is 7.74. The maximum atomic E-state index is 12.0. The van der Waals surface area contributed by atoms with Crippen LogP contribution in [-0.4, -0.2) is 31.9 Å². The molecule has 0 aliphatic heterocycles. The standard InChI is InChI=1S/C17H17N5OS/c1-13-7-5-6-10-15(13)22-17(19-20-21-22)24-12-11-16(23)18-14-8-3-2-4-9-14/h2-10H,11-12H2,1H3,(H,18,23). The molecule has 122 valence electrons. The minimum absolute atomic E-state index is 0.0244. The van der Waals surface area contributed by atoms with Crippen molar-refractivity contribution >= 4 is 23.4 Å². The lowest BCUT2D eigenvalue weighted by atomic mass is 10.2. The molecule has 0 unspecified atom stereocenters. The van der Waals surface area contributed by atoms with Crippen LogP contribution in [0.25, 0.3) is 5.69 Å². The number of anilines is 1. The molecule has 3 rings (SSSR count). The van der Waals surface area contributed by atoms with Crippen LogP contribution < -0.4 is 5.32 Å². The molecule has 0 bridgehead atoms. The van der Waals surface area contributed by atoms with E-state index in [2.05, 4.69) is 20.8 Å². The molecule has 24 heavy (non-hydrogen) atoms. The number of rotatable bonds is 6. The minimum atomic E-state index is -0.0244. The summed E-state index contributed by atoms with van der Waals surface area (Å²) in [6.07, 6.45) is 0.389. The van der Waals surface area contributed by atoms with Gasteiger partial charge < -0.3 is 5.32 Å². The van der Waals surface area contributed by atoms with Gasteiger partial charge in [0, 0.05) is 17.9 Å². The summed E-state index contributed by atoms with van der Waals surface area (Å²) < 4.78 is 1.70. The fourth-order valence-electron chi connectivity index (χ4n) is 2.20. The van der Waals surface area contributed by atoms with Crippen molar-refractivity contribution in [2.75, 3.05) is 11.1 Å². The number of nitrogens with one attached hydrogen (secondary N) is 1. The molecule has 2 aromatic carbocycles. The molecular weight excluding hydrogens is 322 g/mol. The topological polar surface area (TPSA) is 72.7 Å². The Labute approximate surface area is 144 Å². The molecule has 0 saturated heterocycles. The van der Waals surface area contributed by atoms with Crippen molar-refractivity contribution < 1.29 is 4.79 Å². The lowest BCUT2D eigenvalue weighted by molar-refractivity contribution is -0.115. The van der Waals surface area contributed by atoms with Crippen LogP contribution in [0, 0.1) is 6.92 Å². The first-order valence-corrected chi connectivity index (χ1v) is 8.54. The molecule has 0 saturated carbocycles. The molecule has 7 heteroatoms. The number of tetrazole rings is 1. The van der Waals surface area contributed by atoms with Gasteiger partial charge in [-0.1, -0.05) is 48.2 Å². The van der Waals surface area contributed by atoms with Crippen LogP contribution in [0.5, 0.6) is 0 Å². The van der Waals surface area contributed by atoms with Crippen LogP contribution in [0.4, 0.5) is 5.69 Å². The summed E-state index contributed by atoms with van der Waals surface area (Å²) in [6.45, 7) is 2.01. The summed E-state index contributed by atoms with van der Waals surface area (Å²) in [4.78, 5) is 12.0. The van der Waals surface area contributed by atoms with Crippen molar-refractivity contribution in [2.24, 2.45) is 0 Å². The molecule has 0 radical (unpaired) electrons. The lowest BCUT2D eigenvalue weighted by Gasteiger charge is -2.07. The van der Waals surface area contributed by atoms with E-state index >= 15 is 0 Å². The summed E-state index contributed by atoms with van der Waals surface area (Å²) >= 11 is 1.46. The van der Waals surface area contributed by atoms with Gasteiger partial charge in [-0.05, 0) is 41.1 Å². The quantitative estimate of drug-likeness (QED) is 0.699. The molecule has 1 N–H and O–H groups in total. The molecule has 0 aliphatic rings. The van der Waals surface area contributed by atoms with Gasteiger partial charge in [0.05, 0.1) is 5.69 Å². The normalized spacial score (nSPS) is 10.5. The molecule has 0 atom stereocenters. The first kappa shape index (κ1) is 16.2. The van der Waals surface area contributed by atoms with Gasteiger partial charge in [0.1, 0.15) is 0 Å². The molecule has 0 fully saturated rings. The van der Waals surface area contributed by atoms with Gasteiger partial charge in [0.2, 0.25) is 11.1 Å². The monoisotopic (exact) mass is 339 g/mol. The highest BCUT2D eigenvalue weighted by Gasteiger charge is 2.11. The molecule has 0 spiro atoms. The Bertz CT molecular complexity index is 819. The number of hydrogen-bond donors (Lipinski definition) is 1. The predicted molar refractivity (Wildman–Crippen MR) is 94.3 cm³/mol. The molecule has 0 aliphatic carbocycles. The van der Waals surface area contributed by atoms with E-state index in [1.807, 2.05) is 61.5 Å². The number of carbonyl (C=O) groups excluding carboxylic acids is 1. The van der Waals surface area contributed by atoms with Crippen molar-refractivity contribution in [2.45, 2.75) is 18.5 Å². The van der Waals surface area contributed by atoms with E-state index in [0.717, 1.165) is 16.9 Å². The third-order valence-corrected chi connectivity index (χ3v) is 4.32. The fraction of sp³-hybridized carbons (Fsp3) is 0.176. The Balaban J connectivity index is 1.57. The highest BCUT2D eigenvalue weighted by Crippen LogP contribution is 2.21. The number of nitrogens with zero attached hydrogens (tertiary/aromatic N) is 4. The number of aromatic nitrogens is 4. The van der Waals surface area contributed by atoms with Crippen molar-refractivity contribution in [3.63, 3.8) is 0 Å². The zero-order chi connectivity index (χ0) is 16.8. The van der Waals surface area contributed by atoms with Crippen molar-refractivity contribution in [1.82, 2.24) is 20.2 Å². The Morgan fingerprint density at radius 2 is 1.88 bits per heavy atom. The summed E-state index contributed by atoms with van der Waals surface area (Å²) in [7, 11) is 0. The van der Waals surface area contributed by atoms with Gasteiger partial charge in [-0.3, -0.25) is 4.79 Å². The third kappa shape index (κ3) is 3.99. The largest absolute Gasteiger partial charge is 0.326 e. The lowest BCUT2D eigenvalue weighted by Crippen LogP contribution is -2.12. The Hall–Kier alpha value is -2.67. The van der Waals surface area contributed by atoms with E-state index in [1.54, 1.807) is 4.68 Å². The van der Waals surface area contributed by atoms with Crippen molar-refractivity contribution in [1.29, 1.82) is 0 Å². The van der Waals surface area contributed by atoms with E-state index < -0.39 is 0 Å². The summed E-state index contributed by atoms with van der Waals surface area (Å²) in [5, 5.41) is 15.4. The fourth-order valence-corrected chi connectivity index (χ4v) is 3.02. The number of benzene rings is 2. The van der Waals surface area contributed by atoms with Crippen LogP contribution in [0.15, 0.2) is 59.8 Å². The zero-order valence-electron chi connectivity index (χ0n) is 13.2. The first-order valence-electron chi connectivity index (χ1n) is 7.56. The van der Waals surface area contributed by atoms with Gasteiger partial charge in [-0.15, -0.1) is 5.10 Å². The minimum Gasteiger partial charge on any atom is -0.326 e. The van der Waals surface area contributed by atoms with E-state index in [4.69, 9.17) is 0 Å². The van der Waals surface area contributed by atoms with Gasteiger partial charge >= 0.3 is 0 Å². The van der Waals surface area contributed by atoms with E-state index in [1.165, 1.54) is 11.8 Å². The van der Waals surface area contributed by atoms with Gasteiger partial charge in [0.15, 0.2) is 0 Å². The van der Waals surface area contributed by atoms with Gasteiger partial charge in [0.25, 0.3) is 0 Å². The SMILES string of the molecule is Cc1ccccc1-n1nnnc1SCCC(=O)Nc1ccccc1. The number of aryl methyl sites for hydroxylation is 1. The number of para-hydroxylation sites is 2. The molecule has 1 amide bonds. The van der Waals surface area contributed by atoms with Gasteiger partial charge in [-0.25, -0.2) is 0 Å². The maximum absolute atomic E-state index is 12.0. The second-order valence-electron chi connectivity index (χ2n) is 5.17. The van der Waals surface area contributed by atoms with E-state index in [9.17, 15) is 4.79 Å².